The van der Waals surface area contributed by atoms with Crippen LogP contribution in [-0.2, 0) is 9.59 Å². The minimum absolute atomic E-state index is 0.00234. The standard InChI is InChI=1S/C22H22FN3O2S2/c1-2-3-7-20(27)24-17-5-4-6-18(12-17)29-14-21(28)26-22-25-19(13-30-22)15-8-10-16(23)11-9-15/h4-6,8-13H,2-3,7,14H2,1H3,(H,24,27)(H,25,26,28). The third-order valence-electron chi connectivity index (χ3n) is 4.14. The predicted octanol–water partition coefficient (Wildman–Crippen LogP) is 5.81. The van der Waals surface area contributed by atoms with E-state index in [0.29, 0.717) is 17.2 Å². The average Bonchev–Trinajstić information content (AvgIpc) is 3.20. The first kappa shape index (κ1) is 22.0. The number of hydrogen-bond acceptors (Lipinski definition) is 5. The number of aromatic nitrogens is 1. The van der Waals surface area contributed by atoms with Gasteiger partial charge in [-0.2, -0.15) is 0 Å². The van der Waals surface area contributed by atoms with Gasteiger partial charge in [-0.1, -0.05) is 19.4 Å². The lowest BCUT2D eigenvalue weighted by Gasteiger charge is -2.07. The van der Waals surface area contributed by atoms with Crippen molar-refractivity contribution in [3.8, 4) is 11.3 Å². The quantitative estimate of drug-likeness (QED) is 0.410. The molecule has 30 heavy (non-hydrogen) atoms. The number of benzene rings is 2. The van der Waals surface area contributed by atoms with Gasteiger partial charge in [0.2, 0.25) is 11.8 Å². The second-order valence-electron chi connectivity index (χ2n) is 6.56. The fraction of sp³-hybridized carbons (Fsp3) is 0.227. The van der Waals surface area contributed by atoms with Crippen molar-refractivity contribution in [1.29, 1.82) is 0 Å². The summed E-state index contributed by atoms with van der Waals surface area (Å²) in [6.45, 7) is 2.05. The molecule has 0 spiro atoms. The van der Waals surface area contributed by atoms with Gasteiger partial charge in [0.05, 0.1) is 11.4 Å². The molecule has 0 aliphatic rings. The lowest BCUT2D eigenvalue weighted by Crippen LogP contribution is -2.14. The number of thiazole rings is 1. The largest absolute Gasteiger partial charge is 0.326 e. The zero-order chi connectivity index (χ0) is 21.3. The van der Waals surface area contributed by atoms with Crippen molar-refractivity contribution in [2.75, 3.05) is 16.4 Å². The monoisotopic (exact) mass is 443 g/mol. The number of thioether (sulfide) groups is 1. The molecule has 0 unspecified atom stereocenters. The molecule has 2 amide bonds. The smallest absolute Gasteiger partial charge is 0.236 e. The van der Waals surface area contributed by atoms with E-state index in [-0.39, 0.29) is 23.4 Å². The summed E-state index contributed by atoms with van der Waals surface area (Å²) in [6, 6.07) is 13.5. The van der Waals surface area contributed by atoms with Gasteiger partial charge in [-0.05, 0) is 48.9 Å². The Kier molecular flexibility index (Phi) is 7.98. The van der Waals surface area contributed by atoms with Gasteiger partial charge >= 0.3 is 0 Å². The lowest BCUT2D eigenvalue weighted by molar-refractivity contribution is -0.116. The summed E-state index contributed by atoms with van der Waals surface area (Å²) in [7, 11) is 0. The Morgan fingerprint density at radius 2 is 1.90 bits per heavy atom. The van der Waals surface area contributed by atoms with Crippen LogP contribution in [-0.4, -0.2) is 22.6 Å². The van der Waals surface area contributed by atoms with Crippen LogP contribution in [0.5, 0.6) is 0 Å². The van der Waals surface area contributed by atoms with Gasteiger partial charge < -0.3 is 10.6 Å². The van der Waals surface area contributed by atoms with E-state index in [0.717, 1.165) is 29.0 Å². The van der Waals surface area contributed by atoms with Crippen LogP contribution in [0.2, 0.25) is 0 Å². The van der Waals surface area contributed by atoms with Crippen LogP contribution < -0.4 is 10.6 Å². The van der Waals surface area contributed by atoms with Gasteiger partial charge in [0.25, 0.3) is 0 Å². The molecule has 1 aromatic heterocycles. The van der Waals surface area contributed by atoms with E-state index in [1.54, 1.807) is 12.1 Å². The first-order valence-corrected chi connectivity index (χ1v) is 11.4. The van der Waals surface area contributed by atoms with Crippen molar-refractivity contribution in [3.05, 3.63) is 59.7 Å². The molecule has 0 saturated heterocycles. The SMILES string of the molecule is CCCCC(=O)Nc1cccc(SCC(=O)Nc2nc(-c3ccc(F)cc3)cs2)c1. The number of unbranched alkanes of at least 4 members (excludes halogenated alkanes) is 1. The summed E-state index contributed by atoms with van der Waals surface area (Å²) >= 11 is 2.70. The molecule has 0 saturated carbocycles. The van der Waals surface area contributed by atoms with Crippen molar-refractivity contribution in [1.82, 2.24) is 4.98 Å². The minimum atomic E-state index is -0.302. The normalized spacial score (nSPS) is 10.6. The van der Waals surface area contributed by atoms with Crippen molar-refractivity contribution >= 4 is 45.7 Å². The maximum atomic E-state index is 13.0. The average molecular weight is 444 g/mol. The molecular formula is C22H22FN3O2S2. The molecule has 3 aromatic rings. The minimum Gasteiger partial charge on any atom is -0.326 e. The van der Waals surface area contributed by atoms with E-state index >= 15 is 0 Å². The molecule has 2 N–H and O–H groups in total. The molecule has 0 bridgehead atoms. The number of amides is 2. The summed E-state index contributed by atoms with van der Waals surface area (Å²) in [4.78, 5) is 29.4. The molecule has 156 valence electrons. The van der Waals surface area contributed by atoms with E-state index in [9.17, 15) is 14.0 Å². The molecule has 0 aliphatic heterocycles. The Labute approximate surface area is 183 Å². The van der Waals surface area contributed by atoms with Gasteiger partial charge in [-0.3, -0.25) is 9.59 Å². The highest BCUT2D eigenvalue weighted by Crippen LogP contribution is 2.26. The van der Waals surface area contributed by atoms with Crippen LogP contribution >= 0.6 is 23.1 Å². The third kappa shape index (κ3) is 6.67. The Bertz CT molecular complexity index is 1010. The van der Waals surface area contributed by atoms with Gasteiger partial charge in [0.15, 0.2) is 5.13 Å². The maximum Gasteiger partial charge on any atom is 0.236 e. The highest BCUT2D eigenvalue weighted by molar-refractivity contribution is 8.00. The highest BCUT2D eigenvalue weighted by atomic mass is 32.2. The van der Waals surface area contributed by atoms with E-state index < -0.39 is 0 Å². The second-order valence-corrected chi connectivity index (χ2v) is 8.47. The molecule has 0 radical (unpaired) electrons. The van der Waals surface area contributed by atoms with Crippen molar-refractivity contribution < 1.29 is 14.0 Å². The van der Waals surface area contributed by atoms with Gasteiger partial charge in [0, 0.05) is 27.9 Å². The first-order valence-electron chi connectivity index (χ1n) is 9.57. The third-order valence-corrected chi connectivity index (χ3v) is 5.89. The molecule has 0 atom stereocenters. The van der Waals surface area contributed by atoms with E-state index in [1.807, 2.05) is 36.6 Å². The van der Waals surface area contributed by atoms with E-state index in [1.165, 1.54) is 35.2 Å². The summed E-state index contributed by atoms with van der Waals surface area (Å²) in [6.07, 6.45) is 2.34. The van der Waals surface area contributed by atoms with E-state index in [2.05, 4.69) is 15.6 Å². The second kappa shape index (κ2) is 10.9. The zero-order valence-electron chi connectivity index (χ0n) is 16.5. The topological polar surface area (TPSA) is 71.1 Å². The van der Waals surface area contributed by atoms with Crippen LogP contribution in [0.25, 0.3) is 11.3 Å². The van der Waals surface area contributed by atoms with Crippen molar-refractivity contribution in [3.63, 3.8) is 0 Å². The number of rotatable bonds is 9. The Morgan fingerprint density at radius 3 is 2.67 bits per heavy atom. The number of halogens is 1. The van der Waals surface area contributed by atoms with E-state index in [4.69, 9.17) is 0 Å². The number of nitrogens with zero attached hydrogens (tertiary/aromatic N) is 1. The lowest BCUT2D eigenvalue weighted by atomic mass is 10.2. The van der Waals surface area contributed by atoms with Crippen molar-refractivity contribution in [2.24, 2.45) is 0 Å². The summed E-state index contributed by atoms with van der Waals surface area (Å²) in [5, 5.41) is 7.99. The van der Waals surface area contributed by atoms with Crippen molar-refractivity contribution in [2.45, 2.75) is 31.1 Å². The van der Waals surface area contributed by atoms with Crippen LogP contribution in [0.1, 0.15) is 26.2 Å². The van der Waals surface area contributed by atoms with Crippen LogP contribution in [0, 0.1) is 5.82 Å². The molecule has 0 fully saturated rings. The highest BCUT2D eigenvalue weighted by Gasteiger charge is 2.10. The summed E-state index contributed by atoms with van der Waals surface area (Å²) in [5.74, 6) is -0.252. The number of nitrogens with one attached hydrogen (secondary N) is 2. The molecule has 3 rings (SSSR count). The molecule has 1 heterocycles. The number of carbonyl (C=O) groups is 2. The Hall–Kier alpha value is -2.71. The summed E-state index contributed by atoms with van der Waals surface area (Å²) < 4.78 is 13.0. The maximum absolute atomic E-state index is 13.0. The van der Waals surface area contributed by atoms with Gasteiger partial charge in [0.1, 0.15) is 5.82 Å². The fourth-order valence-corrected chi connectivity index (χ4v) is 4.10. The molecular weight excluding hydrogens is 421 g/mol. The first-order chi connectivity index (χ1) is 14.5. The molecule has 2 aromatic carbocycles. The molecule has 8 heteroatoms. The Balaban J connectivity index is 1.51. The summed E-state index contributed by atoms with van der Waals surface area (Å²) in [5.41, 5.74) is 2.21. The van der Waals surface area contributed by atoms with Crippen LogP contribution in [0.4, 0.5) is 15.2 Å². The van der Waals surface area contributed by atoms with Crippen LogP contribution in [0.15, 0.2) is 58.8 Å². The van der Waals surface area contributed by atoms with Gasteiger partial charge in [-0.15, -0.1) is 23.1 Å². The van der Waals surface area contributed by atoms with Gasteiger partial charge in [-0.25, -0.2) is 9.37 Å². The number of hydrogen-bond donors (Lipinski definition) is 2. The Morgan fingerprint density at radius 1 is 1.10 bits per heavy atom. The zero-order valence-corrected chi connectivity index (χ0v) is 18.1. The molecule has 5 nitrogen and oxygen atoms in total. The number of anilines is 2. The molecule has 0 aliphatic carbocycles. The van der Waals surface area contributed by atoms with Crippen LogP contribution in [0.3, 0.4) is 0 Å². The fourth-order valence-electron chi connectivity index (χ4n) is 2.61. The number of carbonyl (C=O) groups excluding carboxylic acids is 2. The predicted molar refractivity (Wildman–Crippen MR) is 121 cm³/mol.